The molecule has 0 aliphatic rings. The van der Waals surface area contributed by atoms with Crippen LogP contribution in [0.1, 0.15) is 27.4 Å². The Hall–Kier alpha value is -4.02. The molecule has 2 heterocycles. The molecule has 0 aliphatic carbocycles. The molecule has 0 radical (unpaired) electrons. The SMILES string of the molecule is O=C(OCc1nc(-c2ccc(C(F)(F)F)cc2)no1)c1ccc(Cn2cncn2)cc1. The Morgan fingerprint density at radius 3 is 2.45 bits per heavy atom. The van der Waals surface area contributed by atoms with E-state index in [9.17, 15) is 18.0 Å². The predicted molar refractivity (Wildman–Crippen MR) is 99.4 cm³/mol. The Morgan fingerprint density at radius 2 is 1.81 bits per heavy atom. The topological polar surface area (TPSA) is 95.9 Å². The zero-order chi connectivity index (χ0) is 21.8. The first kappa shape index (κ1) is 20.3. The predicted octanol–water partition coefficient (Wildman–Crippen LogP) is 3.75. The highest BCUT2D eigenvalue weighted by Crippen LogP contribution is 2.30. The van der Waals surface area contributed by atoms with Crippen LogP contribution in [0.15, 0.2) is 65.7 Å². The van der Waals surface area contributed by atoms with E-state index >= 15 is 0 Å². The molecule has 0 unspecified atom stereocenters. The molecule has 0 fully saturated rings. The van der Waals surface area contributed by atoms with Crippen LogP contribution in [-0.4, -0.2) is 30.9 Å². The van der Waals surface area contributed by atoms with E-state index in [2.05, 4.69) is 20.2 Å². The minimum atomic E-state index is -4.43. The first-order valence-electron chi connectivity index (χ1n) is 8.97. The number of rotatable bonds is 6. The number of nitrogens with zero attached hydrogens (tertiary/aromatic N) is 5. The third kappa shape index (κ3) is 4.94. The average Bonchev–Trinajstić information content (AvgIpc) is 3.44. The van der Waals surface area contributed by atoms with Gasteiger partial charge in [-0.05, 0) is 29.8 Å². The normalized spacial score (nSPS) is 11.5. The summed E-state index contributed by atoms with van der Waals surface area (Å²) < 4.78 is 49.7. The van der Waals surface area contributed by atoms with Gasteiger partial charge in [-0.2, -0.15) is 23.3 Å². The van der Waals surface area contributed by atoms with Crippen molar-refractivity contribution < 1.29 is 27.2 Å². The summed E-state index contributed by atoms with van der Waals surface area (Å²) in [5.74, 6) is -0.468. The Bertz CT molecular complexity index is 1150. The number of alkyl halides is 3. The van der Waals surface area contributed by atoms with E-state index in [4.69, 9.17) is 9.26 Å². The summed E-state index contributed by atoms with van der Waals surface area (Å²) in [5, 5.41) is 7.72. The quantitative estimate of drug-likeness (QED) is 0.431. The number of halogens is 3. The van der Waals surface area contributed by atoms with Crippen molar-refractivity contribution in [2.75, 3.05) is 0 Å². The van der Waals surface area contributed by atoms with Crippen LogP contribution in [0.3, 0.4) is 0 Å². The third-order valence-electron chi connectivity index (χ3n) is 4.27. The van der Waals surface area contributed by atoms with Crippen molar-refractivity contribution >= 4 is 5.97 Å². The summed E-state index contributed by atoms with van der Waals surface area (Å²) in [6.07, 6.45) is -1.40. The molecule has 0 amide bonds. The maximum Gasteiger partial charge on any atom is 0.416 e. The van der Waals surface area contributed by atoms with E-state index < -0.39 is 17.7 Å². The molecular weight excluding hydrogens is 415 g/mol. The summed E-state index contributed by atoms with van der Waals surface area (Å²) in [7, 11) is 0. The lowest BCUT2D eigenvalue weighted by Gasteiger charge is -2.05. The van der Waals surface area contributed by atoms with Gasteiger partial charge in [0.05, 0.1) is 17.7 Å². The zero-order valence-corrected chi connectivity index (χ0v) is 15.8. The van der Waals surface area contributed by atoms with Crippen LogP contribution in [-0.2, 0) is 24.1 Å². The lowest BCUT2D eigenvalue weighted by molar-refractivity contribution is -0.137. The second-order valence-corrected chi connectivity index (χ2v) is 6.45. The van der Waals surface area contributed by atoms with Gasteiger partial charge >= 0.3 is 12.1 Å². The lowest BCUT2D eigenvalue weighted by Crippen LogP contribution is -2.06. The molecule has 2 aromatic carbocycles. The molecule has 31 heavy (non-hydrogen) atoms. The van der Waals surface area contributed by atoms with E-state index in [0.717, 1.165) is 17.7 Å². The van der Waals surface area contributed by atoms with Crippen LogP contribution >= 0.6 is 0 Å². The summed E-state index contributed by atoms with van der Waals surface area (Å²) in [4.78, 5) is 20.1. The Labute approximate surface area is 173 Å². The fraction of sp³-hybridized carbons (Fsp3) is 0.150. The number of carbonyl (C=O) groups is 1. The number of aromatic nitrogens is 5. The molecule has 0 N–H and O–H groups in total. The van der Waals surface area contributed by atoms with Gasteiger partial charge in [-0.3, -0.25) is 0 Å². The number of ether oxygens (including phenoxy) is 1. The molecule has 0 saturated carbocycles. The van der Waals surface area contributed by atoms with Crippen LogP contribution in [0.2, 0.25) is 0 Å². The summed E-state index contributed by atoms with van der Waals surface area (Å²) >= 11 is 0. The van der Waals surface area contributed by atoms with Crippen molar-refractivity contribution in [1.29, 1.82) is 0 Å². The number of hydrogen-bond acceptors (Lipinski definition) is 7. The van der Waals surface area contributed by atoms with Gasteiger partial charge in [0.25, 0.3) is 5.89 Å². The summed E-state index contributed by atoms with van der Waals surface area (Å²) in [5.41, 5.74) is 0.837. The second kappa shape index (κ2) is 8.38. The molecule has 8 nitrogen and oxygen atoms in total. The van der Waals surface area contributed by atoms with E-state index in [1.165, 1.54) is 18.5 Å². The molecule has 4 aromatic rings. The molecule has 158 valence electrons. The van der Waals surface area contributed by atoms with Gasteiger partial charge in [-0.25, -0.2) is 14.5 Å². The highest BCUT2D eigenvalue weighted by atomic mass is 19.4. The van der Waals surface area contributed by atoms with Crippen molar-refractivity contribution in [2.24, 2.45) is 0 Å². The standard InChI is InChI=1S/C20H14F3N5O3/c21-20(22,23)16-7-5-14(6-8-16)18-26-17(31-27-18)10-30-19(29)15-3-1-13(2-4-15)9-28-12-24-11-25-28/h1-8,11-12H,9-10H2. The van der Waals surface area contributed by atoms with E-state index in [1.807, 2.05) is 0 Å². The first-order chi connectivity index (χ1) is 14.9. The molecule has 2 aromatic heterocycles. The van der Waals surface area contributed by atoms with Crippen molar-refractivity contribution in [3.8, 4) is 11.4 Å². The molecule has 4 rings (SSSR count). The Morgan fingerprint density at radius 1 is 1.06 bits per heavy atom. The molecule has 0 bridgehead atoms. The third-order valence-corrected chi connectivity index (χ3v) is 4.27. The molecular formula is C20H14F3N5O3. The second-order valence-electron chi connectivity index (χ2n) is 6.45. The Kier molecular flexibility index (Phi) is 5.48. The van der Waals surface area contributed by atoms with Gasteiger partial charge in [0.2, 0.25) is 5.82 Å². The van der Waals surface area contributed by atoms with Crippen molar-refractivity contribution in [3.63, 3.8) is 0 Å². The van der Waals surface area contributed by atoms with Gasteiger partial charge in [-0.15, -0.1) is 0 Å². The van der Waals surface area contributed by atoms with Crippen molar-refractivity contribution in [2.45, 2.75) is 19.3 Å². The highest BCUT2D eigenvalue weighted by Gasteiger charge is 2.30. The molecule has 0 aliphatic heterocycles. The van der Waals surface area contributed by atoms with Crippen molar-refractivity contribution in [3.05, 3.63) is 83.8 Å². The van der Waals surface area contributed by atoms with Crippen LogP contribution in [0.4, 0.5) is 13.2 Å². The summed E-state index contributed by atoms with van der Waals surface area (Å²) in [6, 6.07) is 11.1. The first-order valence-corrected chi connectivity index (χ1v) is 8.97. The number of hydrogen-bond donors (Lipinski definition) is 0. The fourth-order valence-corrected chi connectivity index (χ4v) is 2.70. The Balaban J connectivity index is 1.34. The van der Waals surface area contributed by atoms with Gasteiger partial charge < -0.3 is 9.26 Å². The van der Waals surface area contributed by atoms with Gasteiger partial charge in [0, 0.05) is 5.56 Å². The lowest BCUT2D eigenvalue weighted by atomic mass is 10.1. The maximum absolute atomic E-state index is 12.6. The van der Waals surface area contributed by atoms with Gasteiger partial charge in [0.15, 0.2) is 6.61 Å². The molecule has 11 heteroatoms. The fourth-order valence-electron chi connectivity index (χ4n) is 2.70. The smallest absolute Gasteiger partial charge is 0.416 e. The maximum atomic E-state index is 12.6. The van der Waals surface area contributed by atoms with Crippen LogP contribution in [0.25, 0.3) is 11.4 Å². The number of benzene rings is 2. The van der Waals surface area contributed by atoms with E-state index in [-0.39, 0.29) is 18.3 Å². The summed E-state index contributed by atoms with van der Waals surface area (Å²) in [6.45, 7) is 0.247. The van der Waals surface area contributed by atoms with Crippen molar-refractivity contribution in [1.82, 2.24) is 24.9 Å². The van der Waals surface area contributed by atoms with Crippen LogP contribution in [0.5, 0.6) is 0 Å². The zero-order valence-electron chi connectivity index (χ0n) is 15.8. The van der Waals surface area contributed by atoms with Crippen LogP contribution in [0, 0.1) is 0 Å². The van der Waals surface area contributed by atoms with Crippen LogP contribution < -0.4 is 0 Å². The highest BCUT2D eigenvalue weighted by molar-refractivity contribution is 5.89. The monoisotopic (exact) mass is 429 g/mol. The molecule has 0 atom stereocenters. The van der Waals surface area contributed by atoms with Gasteiger partial charge in [0.1, 0.15) is 12.7 Å². The minimum absolute atomic E-state index is 0.0195. The number of carbonyl (C=O) groups excluding carboxylic acids is 1. The molecule has 0 saturated heterocycles. The van der Waals surface area contributed by atoms with E-state index in [0.29, 0.717) is 17.7 Å². The number of esters is 1. The van der Waals surface area contributed by atoms with E-state index in [1.54, 1.807) is 35.3 Å². The van der Waals surface area contributed by atoms with Gasteiger partial charge in [-0.1, -0.05) is 29.4 Å². The minimum Gasteiger partial charge on any atom is -0.452 e. The molecule has 0 spiro atoms. The largest absolute Gasteiger partial charge is 0.452 e. The average molecular weight is 429 g/mol.